The van der Waals surface area contributed by atoms with Gasteiger partial charge in [-0.2, -0.15) is 5.26 Å². The highest BCUT2D eigenvalue weighted by molar-refractivity contribution is 6.19. The Hall–Kier alpha value is -3.69. The summed E-state index contributed by atoms with van der Waals surface area (Å²) >= 11 is 0. The number of carbonyl (C=O) groups is 2. The molecule has 0 aliphatic carbocycles. The average molecular weight is 428 g/mol. The molecule has 162 valence electrons. The van der Waals surface area contributed by atoms with Crippen LogP contribution in [0.2, 0.25) is 0 Å². The van der Waals surface area contributed by atoms with Crippen LogP contribution in [0.3, 0.4) is 0 Å². The quantitative estimate of drug-likeness (QED) is 0.513. The zero-order chi connectivity index (χ0) is 22.5. The van der Waals surface area contributed by atoms with Gasteiger partial charge in [0.15, 0.2) is 0 Å². The first-order valence-corrected chi connectivity index (χ1v) is 10.6. The van der Waals surface area contributed by atoms with Gasteiger partial charge in [0.05, 0.1) is 12.6 Å². The van der Waals surface area contributed by atoms with Crippen molar-refractivity contribution in [3.63, 3.8) is 0 Å². The lowest BCUT2D eigenvalue weighted by Gasteiger charge is -2.29. The molecule has 2 aliphatic rings. The number of hydrogen-bond donors (Lipinski definition) is 0. The van der Waals surface area contributed by atoms with Crippen LogP contribution in [0.4, 0.5) is 0 Å². The van der Waals surface area contributed by atoms with Crippen molar-refractivity contribution >= 4 is 17.9 Å². The Labute approximate surface area is 187 Å². The van der Waals surface area contributed by atoms with E-state index in [-0.39, 0.29) is 18.2 Å². The van der Waals surface area contributed by atoms with Gasteiger partial charge in [0, 0.05) is 12.2 Å². The van der Waals surface area contributed by atoms with Crippen LogP contribution in [0.25, 0.3) is 6.08 Å². The van der Waals surface area contributed by atoms with Crippen molar-refractivity contribution in [1.82, 2.24) is 4.90 Å². The fourth-order valence-corrected chi connectivity index (χ4v) is 3.86. The number of imide groups is 1. The van der Waals surface area contributed by atoms with Crippen LogP contribution >= 0.6 is 0 Å². The lowest BCUT2D eigenvalue weighted by atomic mass is 9.93. The number of nitrogens with zero attached hydrogens (tertiary/aromatic N) is 2. The fourth-order valence-electron chi connectivity index (χ4n) is 3.86. The molecule has 0 aromatic heterocycles. The van der Waals surface area contributed by atoms with Crippen molar-refractivity contribution < 1.29 is 19.1 Å². The highest BCUT2D eigenvalue weighted by Gasteiger charge is 2.37. The second kappa shape index (κ2) is 9.63. The first kappa shape index (κ1) is 21.5. The summed E-state index contributed by atoms with van der Waals surface area (Å²) in [6.45, 7) is 2.90. The Kier molecular flexibility index (Phi) is 6.48. The van der Waals surface area contributed by atoms with E-state index in [9.17, 15) is 14.9 Å². The Balaban J connectivity index is 1.54. The van der Waals surface area contributed by atoms with Crippen molar-refractivity contribution in [2.24, 2.45) is 0 Å². The van der Waals surface area contributed by atoms with Crippen LogP contribution in [-0.2, 0) is 20.9 Å². The van der Waals surface area contributed by atoms with E-state index in [1.165, 1.54) is 0 Å². The molecule has 0 radical (unpaired) electrons. The lowest BCUT2D eigenvalue weighted by Crippen LogP contribution is -2.46. The summed E-state index contributed by atoms with van der Waals surface area (Å²) in [7, 11) is 0. The van der Waals surface area contributed by atoms with E-state index in [1.807, 2.05) is 60.7 Å². The van der Waals surface area contributed by atoms with Crippen LogP contribution in [0.5, 0.6) is 5.75 Å². The van der Waals surface area contributed by atoms with E-state index in [1.54, 1.807) is 13.0 Å². The van der Waals surface area contributed by atoms with Crippen LogP contribution in [0.15, 0.2) is 71.3 Å². The second-order valence-electron chi connectivity index (χ2n) is 7.87. The Morgan fingerprint density at radius 2 is 1.88 bits per heavy atom. The van der Waals surface area contributed by atoms with E-state index in [0.29, 0.717) is 30.1 Å². The maximum absolute atomic E-state index is 13.1. The first-order valence-electron chi connectivity index (χ1n) is 10.6. The monoisotopic (exact) mass is 428 g/mol. The Morgan fingerprint density at radius 1 is 1.12 bits per heavy atom. The van der Waals surface area contributed by atoms with E-state index in [2.05, 4.69) is 0 Å². The van der Waals surface area contributed by atoms with Gasteiger partial charge < -0.3 is 9.47 Å². The predicted octanol–water partition coefficient (Wildman–Crippen LogP) is 4.04. The number of amides is 2. The SMILES string of the molecule is CC1=C(C#N)C(=O)N(CC2CCCO2)C(=O)/C1=C/c1ccc(OCc2ccccc2)cc1. The van der Waals surface area contributed by atoms with Gasteiger partial charge in [0.2, 0.25) is 0 Å². The summed E-state index contributed by atoms with van der Waals surface area (Å²) in [4.78, 5) is 27.0. The third-order valence-electron chi connectivity index (χ3n) is 5.68. The molecular formula is C26H24N2O4. The number of carbonyl (C=O) groups excluding carboxylic acids is 2. The molecule has 4 rings (SSSR count). The Bertz CT molecular complexity index is 1100. The molecule has 2 aliphatic heterocycles. The third-order valence-corrected chi connectivity index (χ3v) is 5.68. The molecule has 1 unspecified atom stereocenters. The number of ether oxygens (including phenoxy) is 2. The predicted molar refractivity (Wildman–Crippen MR) is 119 cm³/mol. The molecule has 2 amide bonds. The normalized spacial score (nSPS) is 20.1. The zero-order valence-electron chi connectivity index (χ0n) is 17.9. The largest absolute Gasteiger partial charge is 0.489 e. The number of rotatable bonds is 6. The minimum atomic E-state index is -0.549. The van der Waals surface area contributed by atoms with Gasteiger partial charge in [0.1, 0.15) is 24.0 Å². The number of nitriles is 1. The molecule has 1 saturated heterocycles. The summed E-state index contributed by atoms with van der Waals surface area (Å²) < 4.78 is 11.4. The Morgan fingerprint density at radius 3 is 2.53 bits per heavy atom. The van der Waals surface area contributed by atoms with E-state index in [0.717, 1.165) is 28.9 Å². The molecular weight excluding hydrogens is 404 g/mol. The van der Waals surface area contributed by atoms with Crippen molar-refractivity contribution in [1.29, 1.82) is 5.26 Å². The maximum Gasteiger partial charge on any atom is 0.271 e. The third kappa shape index (κ3) is 4.63. The minimum absolute atomic E-state index is 0.00309. The molecule has 32 heavy (non-hydrogen) atoms. The summed E-state index contributed by atoms with van der Waals surface area (Å²) in [6.07, 6.45) is 3.24. The molecule has 0 bridgehead atoms. The van der Waals surface area contributed by atoms with Gasteiger partial charge in [-0.1, -0.05) is 42.5 Å². The zero-order valence-corrected chi connectivity index (χ0v) is 17.9. The highest BCUT2D eigenvalue weighted by atomic mass is 16.5. The van der Waals surface area contributed by atoms with Gasteiger partial charge in [-0.05, 0) is 54.7 Å². The van der Waals surface area contributed by atoms with Crippen molar-refractivity contribution in [3.8, 4) is 11.8 Å². The summed E-state index contributed by atoms with van der Waals surface area (Å²) in [6, 6.07) is 19.2. The van der Waals surface area contributed by atoms with E-state index >= 15 is 0 Å². The summed E-state index contributed by atoms with van der Waals surface area (Å²) in [5, 5.41) is 9.53. The van der Waals surface area contributed by atoms with Gasteiger partial charge in [-0.15, -0.1) is 0 Å². The summed E-state index contributed by atoms with van der Waals surface area (Å²) in [5.41, 5.74) is 2.60. The van der Waals surface area contributed by atoms with Crippen molar-refractivity contribution in [2.75, 3.05) is 13.2 Å². The van der Waals surface area contributed by atoms with E-state index < -0.39 is 11.8 Å². The molecule has 2 aromatic rings. The maximum atomic E-state index is 13.1. The smallest absolute Gasteiger partial charge is 0.271 e. The standard InChI is InChI=1S/C26H24N2O4/c1-18-23(25(29)28(26(30)24(18)15-27)16-22-8-5-13-31-22)14-19-9-11-21(12-10-19)32-17-20-6-3-2-4-7-20/h2-4,6-7,9-12,14,22H,5,8,13,16-17H2,1H3/b23-14+. The molecule has 0 N–H and O–H groups in total. The lowest BCUT2D eigenvalue weighted by molar-refractivity contribution is -0.142. The average Bonchev–Trinajstić information content (AvgIpc) is 3.33. The molecule has 2 aromatic carbocycles. The summed E-state index contributed by atoms with van der Waals surface area (Å²) in [5.74, 6) is -0.232. The molecule has 1 fully saturated rings. The highest BCUT2D eigenvalue weighted by Crippen LogP contribution is 2.28. The van der Waals surface area contributed by atoms with Gasteiger partial charge in [0.25, 0.3) is 11.8 Å². The molecule has 0 spiro atoms. The van der Waals surface area contributed by atoms with Gasteiger partial charge in [-0.25, -0.2) is 0 Å². The van der Waals surface area contributed by atoms with Crippen molar-refractivity contribution in [3.05, 3.63) is 82.4 Å². The number of benzene rings is 2. The molecule has 0 saturated carbocycles. The minimum Gasteiger partial charge on any atom is -0.489 e. The molecule has 1 atom stereocenters. The van der Waals surface area contributed by atoms with Crippen molar-refractivity contribution in [2.45, 2.75) is 32.5 Å². The first-order chi connectivity index (χ1) is 15.6. The van der Waals surface area contributed by atoms with Crippen LogP contribution in [0, 0.1) is 11.3 Å². The second-order valence-corrected chi connectivity index (χ2v) is 7.87. The molecule has 2 heterocycles. The fraction of sp³-hybridized carbons (Fsp3) is 0.269. The van der Waals surface area contributed by atoms with Crippen LogP contribution in [0.1, 0.15) is 30.9 Å². The molecule has 6 nitrogen and oxygen atoms in total. The van der Waals surface area contributed by atoms with Crippen LogP contribution in [-0.4, -0.2) is 36.0 Å². The number of hydrogen-bond acceptors (Lipinski definition) is 5. The van der Waals surface area contributed by atoms with Crippen LogP contribution < -0.4 is 4.74 Å². The van der Waals surface area contributed by atoms with E-state index in [4.69, 9.17) is 9.47 Å². The molecule has 6 heteroatoms. The van der Waals surface area contributed by atoms with Gasteiger partial charge in [-0.3, -0.25) is 14.5 Å². The van der Waals surface area contributed by atoms with Gasteiger partial charge >= 0.3 is 0 Å². The topological polar surface area (TPSA) is 79.6 Å².